The summed E-state index contributed by atoms with van der Waals surface area (Å²) in [6.07, 6.45) is 6.91. The summed E-state index contributed by atoms with van der Waals surface area (Å²) in [7, 11) is 0. The van der Waals surface area contributed by atoms with Crippen molar-refractivity contribution in [1.29, 1.82) is 0 Å². The Labute approximate surface area is 404 Å². The van der Waals surface area contributed by atoms with Crippen molar-refractivity contribution >= 4 is 39.0 Å². The van der Waals surface area contributed by atoms with E-state index in [1.807, 2.05) is 0 Å². The zero-order chi connectivity index (χ0) is 45.6. The second kappa shape index (κ2) is 14.5. The van der Waals surface area contributed by atoms with Gasteiger partial charge in [-0.25, -0.2) is 0 Å². The monoisotopic (exact) mass is 887 g/mol. The molecular formula is C67H53NO. The Hall–Kier alpha value is -7.42. The number of hydrogen-bond donors (Lipinski definition) is 0. The Morgan fingerprint density at radius 3 is 1.72 bits per heavy atom. The van der Waals surface area contributed by atoms with E-state index in [-0.39, 0.29) is 10.8 Å². The quantitative estimate of drug-likeness (QED) is 0.165. The number of hydrogen-bond acceptors (Lipinski definition) is 2. The van der Waals surface area contributed by atoms with Crippen molar-refractivity contribution in [2.75, 3.05) is 4.90 Å². The van der Waals surface area contributed by atoms with Gasteiger partial charge in [0.25, 0.3) is 0 Å². The Morgan fingerprint density at radius 1 is 0.391 bits per heavy atom. The summed E-state index contributed by atoms with van der Waals surface area (Å²) in [6.45, 7) is 4.78. The van der Waals surface area contributed by atoms with E-state index in [2.05, 4.69) is 219 Å². The molecule has 1 aromatic heterocycles. The maximum atomic E-state index is 6.42. The minimum Gasteiger partial charge on any atom is -0.456 e. The number of rotatable bonds is 6. The van der Waals surface area contributed by atoms with E-state index in [0.717, 1.165) is 45.1 Å². The van der Waals surface area contributed by atoms with Gasteiger partial charge in [0.1, 0.15) is 11.2 Å². The average molecular weight is 888 g/mol. The van der Waals surface area contributed by atoms with Crippen LogP contribution < -0.4 is 4.90 Å². The van der Waals surface area contributed by atoms with Crippen molar-refractivity contribution in [3.63, 3.8) is 0 Å². The predicted octanol–water partition coefficient (Wildman–Crippen LogP) is 18.1. The van der Waals surface area contributed by atoms with Crippen LogP contribution in [0.4, 0.5) is 17.1 Å². The lowest BCUT2D eigenvalue weighted by atomic mass is 9.43. The highest BCUT2D eigenvalue weighted by atomic mass is 16.3. The second-order valence-electron chi connectivity index (χ2n) is 21.6. The highest BCUT2D eigenvalue weighted by molar-refractivity contribution is 6.12. The lowest BCUT2D eigenvalue weighted by Crippen LogP contribution is -2.55. The van der Waals surface area contributed by atoms with E-state index in [4.69, 9.17) is 4.42 Å². The lowest BCUT2D eigenvalue weighted by molar-refractivity contribution is -0.0399. The lowest BCUT2D eigenvalue weighted by Gasteiger charge is -2.61. The fourth-order valence-electron chi connectivity index (χ4n) is 15.4. The molecule has 10 aromatic rings. The molecule has 0 aliphatic heterocycles. The van der Waals surface area contributed by atoms with Crippen molar-refractivity contribution in [1.82, 2.24) is 0 Å². The van der Waals surface area contributed by atoms with Gasteiger partial charge in [0.2, 0.25) is 0 Å². The topological polar surface area (TPSA) is 16.4 Å². The maximum absolute atomic E-state index is 6.42. The third kappa shape index (κ3) is 5.55. The number of fused-ring (bicyclic) bond motifs is 9. The molecule has 0 amide bonds. The number of nitrogens with zero attached hydrogens (tertiary/aromatic N) is 1. The molecule has 1 heterocycles. The molecule has 2 nitrogen and oxygen atoms in total. The van der Waals surface area contributed by atoms with Crippen LogP contribution in [0.1, 0.15) is 68.2 Å². The number of furan rings is 1. The van der Waals surface area contributed by atoms with Crippen molar-refractivity contribution in [3.05, 3.63) is 222 Å². The van der Waals surface area contributed by atoms with Crippen LogP contribution in [-0.4, -0.2) is 0 Å². The fourth-order valence-corrected chi connectivity index (χ4v) is 15.4. The molecular weight excluding hydrogens is 835 g/mol. The largest absolute Gasteiger partial charge is 0.456 e. The molecule has 16 rings (SSSR count). The molecule has 2 heteroatoms. The molecule has 0 N–H and O–H groups in total. The first-order valence-corrected chi connectivity index (χ1v) is 25.4. The van der Waals surface area contributed by atoms with Gasteiger partial charge >= 0.3 is 0 Å². The van der Waals surface area contributed by atoms with Crippen molar-refractivity contribution < 1.29 is 4.42 Å². The molecule has 0 radical (unpaired) electrons. The normalized spacial score (nSPS) is 21.9. The summed E-state index contributed by atoms with van der Waals surface area (Å²) in [4.78, 5) is 2.53. The molecule has 6 aliphatic rings. The molecule has 4 bridgehead atoms. The maximum Gasteiger partial charge on any atom is 0.136 e. The second-order valence-corrected chi connectivity index (χ2v) is 21.6. The van der Waals surface area contributed by atoms with Crippen LogP contribution in [0.15, 0.2) is 205 Å². The SMILES string of the molecule is CC1(C)c2ccccc2-c2cccc(-c3ccccc3-c3ccc(N(c4cccc(-c5cccc6oc7ccccc7c56)c4)c4ccc5c(c4)C4(c6ccccc6-5)C5CC6CC(C5)CC4C6)cc3)c21. The van der Waals surface area contributed by atoms with E-state index in [0.29, 0.717) is 11.8 Å². The van der Waals surface area contributed by atoms with Crippen LogP contribution in [0.2, 0.25) is 0 Å². The zero-order valence-corrected chi connectivity index (χ0v) is 39.3. The van der Waals surface area contributed by atoms with E-state index in [1.54, 1.807) is 11.1 Å². The van der Waals surface area contributed by atoms with Gasteiger partial charge in [0.05, 0.1) is 0 Å². The Bertz CT molecular complexity index is 3710. The number of benzene rings is 9. The van der Waals surface area contributed by atoms with Crippen molar-refractivity contribution in [2.45, 2.75) is 56.8 Å². The highest BCUT2D eigenvalue weighted by Gasteiger charge is 2.61. The number of anilines is 3. The van der Waals surface area contributed by atoms with Gasteiger partial charge in [-0.3, -0.25) is 0 Å². The van der Waals surface area contributed by atoms with Crippen LogP contribution in [-0.2, 0) is 10.8 Å². The fraction of sp³-hybridized carbons (Fsp3) is 0.194. The minimum absolute atomic E-state index is 0.0714. The molecule has 0 unspecified atom stereocenters. The molecule has 4 saturated carbocycles. The number of para-hydroxylation sites is 1. The van der Waals surface area contributed by atoms with E-state index in [9.17, 15) is 0 Å². The first kappa shape index (κ1) is 39.6. The molecule has 1 spiro atoms. The van der Waals surface area contributed by atoms with Crippen molar-refractivity contribution in [3.8, 4) is 55.6 Å². The van der Waals surface area contributed by atoms with E-state index in [1.165, 1.54) is 105 Å². The zero-order valence-electron chi connectivity index (χ0n) is 39.3. The summed E-state index contributed by atoms with van der Waals surface area (Å²) in [6, 6.07) is 75.4. The van der Waals surface area contributed by atoms with Gasteiger partial charge in [-0.1, -0.05) is 166 Å². The molecule has 4 fully saturated rings. The minimum atomic E-state index is -0.114. The summed E-state index contributed by atoms with van der Waals surface area (Å²) in [5.74, 6) is 3.17. The first-order chi connectivity index (χ1) is 33.9. The van der Waals surface area contributed by atoms with Crippen LogP contribution >= 0.6 is 0 Å². The standard InChI is InChI=1S/C67H53NO/c1-66(2)59-24-8-5-19-54(59)57-23-12-22-56(65(57)66)52-17-4-3-16-50(52)43-28-30-47(31-29-43)68(48-15-11-14-44(39-48)51-21-13-27-63-64(51)58-20-7-10-26-62(58)69-63)49-32-33-55-53-18-6-9-25-60(53)67(61(55)40-49)45-35-41-34-42(37-45)38-46(67)36-41/h3-33,39-42,45-46H,34-38H2,1-2H3. The van der Waals surface area contributed by atoms with Gasteiger partial charge in [-0.2, -0.15) is 0 Å². The molecule has 6 aliphatic carbocycles. The summed E-state index contributed by atoms with van der Waals surface area (Å²) in [5, 5.41) is 2.31. The molecule has 0 saturated heterocycles. The summed E-state index contributed by atoms with van der Waals surface area (Å²) < 4.78 is 6.42. The van der Waals surface area contributed by atoms with Gasteiger partial charge in [-0.05, 0) is 182 Å². The third-order valence-electron chi connectivity index (χ3n) is 17.8. The summed E-state index contributed by atoms with van der Waals surface area (Å²) in [5.41, 5.74) is 24.3. The molecule has 332 valence electrons. The molecule has 69 heavy (non-hydrogen) atoms. The average Bonchev–Trinajstić information content (AvgIpc) is 4.00. The van der Waals surface area contributed by atoms with Crippen LogP contribution in [0.25, 0.3) is 77.6 Å². The van der Waals surface area contributed by atoms with E-state index >= 15 is 0 Å². The Morgan fingerprint density at radius 2 is 0.942 bits per heavy atom. The van der Waals surface area contributed by atoms with Gasteiger partial charge in [-0.15, -0.1) is 0 Å². The first-order valence-electron chi connectivity index (χ1n) is 25.4. The molecule has 9 aromatic carbocycles. The molecule has 0 atom stereocenters. The van der Waals surface area contributed by atoms with Crippen LogP contribution in [0, 0.1) is 23.7 Å². The predicted molar refractivity (Wildman–Crippen MR) is 286 cm³/mol. The summed E-state index contributed by atoms with van der Waals surface area (Å²) >= 11 is 0. The van der Waals surface area contributed by atoms with Crippen molar-refractivity contribution in [2.24, 2.45) is 23.7 Å². The van der Waals surface area contributed by atoms with Crippen LogP contribution in [0.5, 0.6) is 0 Å². The van der Waals surface area contributed by atoms with Gasteiger partial charge in [0, 0.05) is 38.7 Å². The Balaban J connectivity index is 0.894. The Kier molecular flexibility index (Phi) is 8.34. The smallest absolute Gasteiger partial charge is 0.136 e. The third-order valence-corrected chi connectivity index (χ3v) is 17.8. The van der Waals surface area contributed by atoms with E-state index < -0.39 is 0 Å². The van der Waals surface area contributed by atoms with Gasteiger partial charge < -0.3 is 9.32 Å². The van der Waals surface area contributed by atoms with Gasteiger partial charge in [0.15, 0.2) is 0 Å². The highest BCUT2D eigenvalue weighted by Crippen LogP contribution is 2.69. The van der Waals surface area contributed by atoms with Crippen LogP contribution in [0.3, 0.4) is 0 Å².